The maximum Gasteiger partial charge on any atom is 0.326 e. The Morgan fingerprint density at radius 3 is 2.09 bits per heavy atom. The van der Waals surface area contributed by atoms with Gasteiger partial charge in [0.05, 0.1) is 12.1 Å². The molecule has 0 spiro atoms. The van der Waals surface area contributed by atoms with Gasteiger partial charge >= 0.3 is 5.97 Å². The quantitative estimate of drug-likeness (QED) is 0.251. The van der Waals surface area contributed by atoms with E-state index in [0.29, 0.717) is 19.4 Å². The number of aliphatic hydroxyl groups is 1. The molecule has 8 N–H and O–H groups in total. The highest BCUT2D eigenvalue weighted by Crippen LogP contribution is 2.03. The molecule has 0 rings (SSSR count). The molecule has 0 aromatic rings. The zero-order chi connectivity index (χ0) is 17.3. The first-order valence-electron chi connectivity index (χ1n) is 7.18. The number of hydrogen-bond donors (Lipinski definition) is 6. The van der Waals surface area contributed by atoms with Crippen LogP contribution < -0.4 is 22.1 Å². The van der Waals surface area contributed by atoms with Gasteiger partial charge in [-0.3, -0.25) is 9.59 Å². The summed E-state index contributed by atoms with van der Waals surface area (Å²) in [6, 6.07) is -3.23. The Labute approximate surface area is 129 Å². The van der Waals surface area contributed by atoms with Crippen molar-refractivity contribution in [2.45, 2.75) is 57.3 Å². The standard InChI is InChI=1S/C13H26N4O5/c1-7(15)11(19)17-10(8(2)18)12(20)16-9(13(21)22)5-3-4-6-14/h7-10,18H,3-6,14-15H2,1-2H3,(H,16,20)(H,17,19)(H,21,22). The first kappa shape index (κ1) is 20.3. The van der Waals surface area contributed by atoms with Crippen molar-refractivity contribution in [1.29, 1.82) is 0 Å². The lowest BCUT2D eigenvalue weighted by Crippen LogP contribution is -2.57. The number of nitrogens with two attached hydrogens (primary N) is 2. The average Bonchev–Trinajstić information content (AvgIpc) is 2.42. The van der Waals surface area contributed by atoms with Gasteiger partial charge in [0.2, 0.25) is 11.8 Å². The number of rotatable bonds is 10. The molecule has 4 unspecified atom stereocenters. The number of amides is 2. The zero-order valence-corrected chi connectivity index (χ0v) is 12.9. The van der Waals surface area contributed by atoms with E-state index in [-0.39, 0.29) is 6.42 Å². The molecule has 4 atom stereocenters. The topological polar surface area (TPSA) is 168 Å². The van der Waals surface area contributed by atoms with Crippen LogP contribution in [-0.4, -0.2) is 58.8 Å². The second-order valence-corrected chi connectivity index (χ2v) is 5.20. The molecule has 0 aliphatic rings. The van der Waals surface area contributed by atoms with Crippen molar-refractivity contribution >= 4 is 17.8 Å². The van der Waals surface area contributed by atoms with Gasteiger partial charge in [-0.15, -0.1) is 0 Å². The summed E-state index contributed by atoms with van der Waals surface area (Å²) in [7, 11) is 0. The number of nitrogens with one attached hydrogen (secondary N) is 2. The minimum absolute atomic E-state index is 0.214. The molecule has 128 valence electrons. The van der Waals surface area contributed by atoms with Crippen LogP contribution in [0.4, 0.5) is 0 Å². The van der Waals surface area contributed by atoms with Crippen molar-refractivity contribution in [3.05, 3.63) is 0 Å². The van der Waals surface area contributed by atoms with Crippen molar-refractivity contribution in [3.63, 3.8) is 0 Å². The molecule has 0 aliphatic heterocycles. The van der Waals surface area contributed by atoms with E-state index in [1.165, 1.54) is 13.8 Å². The third-order valence-electron chi connectivity index (χ3n) is 3.04. The smallest absolute Gasteiger partial charge is 0.326 e. The first-order chi connectivity index (χ1) is 10.2. The van der Waals surface area contributed by atoms with Crippen LogP contribution in [0.3, 0.4) is 0 Å². The van der Waals surface area contributed by atoms with Crippen LogP contribution in [0.25, 0.3) is 0 Å². The van der Waals surface area contributed by atoms with Crippen molar-refractivity contribution in [2.24, 2.45) is 11.5 Å². The lowest BCUT2D eigenvalue weighted by Gasteiger charge is -2.24. The van der Waals surface area contributed by atoms with Gasteiger partial charge in [-0.25, -0.2) is 4.79 Å². The van der Waals surface area contributed by atoms with Gasteiger partial charge in [-0.1, -0.05) is 0 Å². The third kappa shape index (κ3) is 7.34. The summed E-state index contributed by atoms with van der Waals surface area (Å²) in [5.74, 6) is -2.58. The van der Waals surface area contributed by atoms with Gasteiger partial charge in [0, 0.05) is 0 Å². The molecule has 0 aromatic carbocycles. The van der Waals surface area contributed by atoms with E-state index in [9.17, 15) is 19.5 Å². The Hall–Kier alpha value is -1.71. The number of carbonyl (C=O) groups is 3. The predicted molar refractivity (Wildman–Crippen MR) is 79.7 cm³/mol. The van der Waals surface area contributed by atoms with Crippen LogP contribution in [0.5, 0.6) is 0 Å². The minimum Gasteiger partial charge on any atom is -0.480 e. The highest BCUT2D eigenvalue weighted by Gasteiger charge is 2.29. The van der Waals surface area contributed by atoms with Gasteiger partial charge in [-0.2, -0.15) is 0 Å². The van der Waals surface area contributed by atoms with Crippen molar-refractivity contribution in [3.8, 4) is 0 Å². The Morgan fingerprint density at radius 1 is 1.09 bits per heavy atom. The Balaban J connectivity index is 4.76. The summed E-state index contributed by atoms with van der Waals surface area (Å²) >= 11 is 0. The van der Waals surface area contributed by atoms with E-state index in [1.54, 1.807) is 0 Å². The molecule has 2 amide bonds. The maximum absolute atomic E-state index is 12.1. The molecule has 0 fully saturated rings. The van der Waals surface area contributed by atoms with Gasteiger partial charge in [0.1, 0.15) is 12.1 Å². The van der Waals surface area contributed by atoms with E-state index < -0.39 is 42.0 Å². The van der Waals surface area contributed by atoms with E-state index in [0.717, 1.165) is 0 Å². The lowest BCUT2D eigenvalue weighted by molar-refractivity contribution is -0.143. The molecular formula is C13H26N4O5. The van der Waals surface area contributed by atoms with Crippen LogP contribution in [0.2, 0.25) is 0 Å². The molecule has 22 heavy (non-hydrogen) atoms. The normalized spacial score (nSPS) is 16.2. The number of carboxylic acids is 1. The van der Waals surface area contributed by atoms with Crippen LogP contribution in [0.15, 0.2) is 0 Å². The van der Waals surface area contributed by atoms with E-state index in [2.05, 4.69) is 10.6 Å². The fourth-order valence-corrected chi connectivity index (χ4v) is 1.70. The van der Waals surface area contributed by atoms with Gasteiger partial charge in [-0.05, 0) is 39.7 Å². The number of unbranched alkanes of at least 4 members (excludes halogenated alkanes) is 1. The van der Waals surface area contributed by atoms with Crippen LogP contribution in [-0.2, 0) is 14.4 Å². The summed E-state index contributed by atoms with van der Waals surface area (Å²) in [6.45, 7) is 3.18. The fraction of sp³-hybridized carbons (Fsp3) is 0.769. The third-order valence-corrected chi connectivity index (χ3v) is 3.04. The Bertz CT molecular complexity index is 387. The Kier molecular flexibility index (Phi) is 9.31. The SMILES string of the molecule is CC(N)C(=O)NC(C(=O)NC(CCCCN)C(=O)O)C(C)O. The van der Waals surface area contributed by atoms with Crippen LogP contribution in [0, 0.1) is 0 Å². The molecule has 9 heteroatoms. The van der Waals surface area contributed by atoms with Crippen molar-refractivity contribution < 1.29 is 24.6 Å². The number of carboxylic acid groups (broad SMARTS) is 1. The number of aliphatic hydroxyl groups excluding tert-OH is 1. The summed E-state index contributed by atoms with van der Waals surface area (Å²) < 4.78 is 0. The zero-order valence-electron chi connectivity index (χ0n) is 12.9. The Morgan fingerprint density at radius 2 is 1.68 bits per heavy atom. The molecule has 0 bridgehead atoms. The van der Waals surface area contributed by atoms with Gasteiger partial charge in [0.25, 0.3) is 0 Å². The summed E-state index contributed by atoms with van der Waals surface area (Å²) in [5.41, 5.74) is 10.7. The first-order valence-corrected chi connectivity index (χ1v) is 7.18. The van der Waals surface area contributed by atoms with Crippen LogP contribution >= 0.6 is 0 Å². The summed E-state index contributed by atoms with van der Waals surface area (Å²) in [4.78, 5) is 34.7. The monoisotopic (exact) mass is 318 g/mol. The molecular weight excluding hydrogens is 292 g/mol. The van der Waals surface area contributed by atoms with E-state index in [4.69, 9.17) is 16.6 Å². The average molecular weight is 318 g/mol. The fourth-order valence-electron chi connectivity index (χ4n) is 1.70. The van der Waals surface area contributed by atoms with Gasteiger partial charge < -0.3 is 32.3 Å². The minimum atomic E-state index is -1.27. The molecule has 0 aromatic heterocycles. The molecule has 0 aliphatic carbocycles. The second kappa shape index (κ2) is 10.1. The predicted octanol–water partition coefficient (Wildman–Crippen LogP) is -2.10. The number of hydrogen-bond acceptors (Lipinski definition) is 6. The van der Waals surface area contributed by atoms with Crippen molar-refractivity contribution in [1.82, 2.24) is 10.6 Å². The molecule has 9 nitrogen and oxygen atoms in total. The van der Waals surface area contributed by atoms with E-state index >= 15 is 0 Å². The lowest BCUT2D eigenvalue weighted by atomic mass is 10.1. The number of aliphatic carboxylic acids is 1. The highest BCUT2D eigenvalue weighted by atomic mass is 16.4. The molecule has 0 saturated carbocycles. The largest absolute Gasteiger partial charge is 0.480 e. The maximum atomic E-state index is 12.1. The summed E-state index contributed by atoms with van der Waals surface area (Å²) in [5, 5.41) is 23.3. The molecule has 0 saturated heterocycles. The second-order valence-electron chi connectivity index (χ2n) is 5.20. The van der Waals surface area contributed by atoms with Gasteiger partial charge in [0.15, 0.2) is 0 Å². The molecule has 0 radical (unpaired) electrons. The summed E-state index contributed by atoms with van der Waals surface area (Å²) in [6.07, 6.45) is 0.202. The van der Waals surface area contributed by atoms with Crippen LogP contribution in [0.1, 0.15) is 33.1 Å². The highest BCUT2D eigenvalue weighted by molar-refractivity contribution is 5.92. The van der Waals surface area contributed by atoms with Crippen molar-refractivity contribution in [2.75, 3.05) is 6.54 Å². The molecule has 0 heterocycles. The number of carbonyl (C=O) groups excluding carboxylic acids is 2. The van der Waals surface area contributed by atoms with E-state index in [1.807, 2.05) is 0 Å².